The molecule has 130 valence electrons. The fourth-order valence-electron chi connectivity index (χ4n) is 3.12. The molecule has 4 aromatic heterocycles. The standard InChI is InChI=1S/C16H9N9O2/c1-27-16(26)13-12(19-22-24(13)7-17)15-21-20-14-9-4-2-3-5-10(9)23-8-18-6-11(23)25(14)15/h2-6,8H,1H3. The molecule has 0 bridgehead atoms. The van der Waals surface area contributed by atoms with Gasteiger partial charge in [-0.3, -0.25) is 8.80 Å². The molecule has 0 unspecified atom stereocenters. The Morgan fingerprint density at radius 1 is 1.22 bits per heavy atom. The molecule has 0 saturated heterocycles. The van der Waals surface area contributed by atoms with Crippen molar-refractivity contribution in [1.29, 1.82) is 5.26 Å². The van der Waals surface area contributed by atoms with Crippen LogP contribution in [-0.2, 0) is 4.74 Å². The van der Waals surface area contributed by atoms with E-state index in [9.17, 15) is 10.1 Å². The number of ether oxygens (including phenoxy) is 1. The second-order valence-corrected chi connectivity index (χ2v) is 5.61. The molecule has 11 nitrogen and oxygen atoms in total. The summed E-state index contributed by atoms with van der Waals surface area (Å²) in [5, 5.41) is 26.2. The summed E-state index contributed by atoms with van der Waals surface area (Å²) in [7, 11) is 1.21. The van der Waals surface area contributed by atoms with Crippen molar-refractivity contribution in [3.05, 3.63) is 42.5 Å². The first-order chi connectivity index (χ1) is 13.2. The van der Waals surface area contributed by atoms with Gasteiger partial charge in [0.2, 0.25) is 6.19 Å². The molecule has 11 heteroatoms. The zero-order chi connectivity index (χ0) is 18.5. The summed E-state index contributed by atoms with van der Waals surface area (Å²) in [5.74, 6) is -0.498. The van der Waals surface area contributed by atoms with Gasteiger partial charge in [-0.05, 0) is 12.1 Å². The normalized spacial score (nSPS) is 11.3. The molecule has 0 N–H and O–H groups in total. The van der Waals surface area contributed by atoms with Crippen molar-refractivity contribution in [2.75, 3.05) is 7.11 Å². The molecule has 5 aromatic rings. The fraction of sp³-hybridized carbons (Fsp3) is 0.0625. The van der Waals surface area contributed by atoms with E-state index in [-0.39, 0.29) is 17.2 Å². The lowest BCUT2D eigenvalue weighted by atomic mass is 10.2. The van der Waals surface area contributed by atoms with Crippen molar-refractivity contribution in [1.82, 2.24) is 39.0 Å². The van der Waals surface area contributed by atoms with E-state index in [4.69, 9.17) is 4.74 Å². The highest BCUT2D eigenvalue weighted by molar-refractivity contribution is 5.97. The third kappa shape index (κ3) is 1.89. The number of nitrogens with zero attached hydrogens (tertiary/aromatic N) is 9. The quantitative estimate of drug-likeness (QED) is 0.425. The summed E-state index contributed by atoms with van der Waals surface area (Å²) in [5.41, 5.74) is 2.11. The van der Waals surface area contributed by atoms with E-state index < -0.39 is 5.97 Å². The third-order valence-electron chi connectivity index (χ3n) is 4.27. The van der Waals surface area contributed by atoms with E-state index in [0.717, 1.165) is 15.6 Å². The van der Waals surface area contributed by atoms with Crippen molar-refractivity contribution >= 4 is 28.2 Å². The van der Waals surface area contributed by atoms with Crippen LogP contribution in [0.1, 0.15) is 10.5 Å². The maximum absolute atomic E-state index is 12.2. The topological polar surface area (TPSA) is 128 Å². The monoisotopic (exact) mass is 359 g/mol. The number of hydrogen-bond acceptors (Lipinski definition) is 8. The first kappa shape index (κ1) is 15.0. The van der Waals surface area contributed by atoms with E-state index in [1.807, 2.05) is 28.7 Å². The summed E-state index contributed by atoms with van der Waals surface area (Å²) in [6.45, 7) is 0. The van der Waals surface area contributed by atoms with Gasteiger partial charge in [0.1, 0.15) is 12.0 Å². The lowest BCUT2D eigenvalue weighted by molar-refractivity contribution is 0.0591. The molecule has 0 aliphatic rings. The van der Waals surface area contributed by atoms with E-state index in [1.165, 1.54) is 7.11 Å². The predicted molar refractivity (Wildman–Crippen MR) is 90.6 cm³/mol. The molecule has 0 aliphatic carbocycles. The van der Waals surface area contributed by atoms with Gasteiger partial charge in [-0.1, -0.05) is 17.3 Å². The Morgan fingerprint density at radius 3 is 2.89 bits per heavy atom. The van der Waals surface area contributed by atoms with Crippen molar-refractivity contribution in [2.45, 2.75) is 0 Å². The van der Waals surface area contributed by atoms with Crippen LogP contribution in [0.15, 0.2) is 36.8 Å². The molecule has 0 aliphatic heterocycles. The summed E-state index contributed by atoms with van der Waals surface area (Å²) in [6.07, 6.45) is 5.10. The van der Waals surface area contributed by atoms with Crippen molar-refractivity contribution in [2.24, 2.45) is 0 Å². The Labute approximate surface area is 150 Å². The fourth-order valence-corrected chi connectivity index (χ4v) is 3.12. The van der Waals surface area contributed by atoms with Crippen LogP contribution in [0.4, 0.5) is 0 Å². The second kappa shape index (κ2) is 5.33. The molecule has 0 radical (unpaired) electrons. The van der Waals surface area contributed by atoms with Crippen molar-refractivity contribution in [3.63, 3.8) is 0 Å². The Morgan fingerprint density at radius 2 is 2.07 bits per heavy atom. The first-order valence-electron chi connectivity index (χ1n) is 7.77. The van der Waals surface area contributed by atoms with Gasteiger partial charge >= 0.3 is 5.97 Å². The van der Waals surface area contributed by atoms with E-state index in [2.05, 4.69) is 25.5 Å². The highest BCUT2D eigenvalue weighted by Gasteiger charge is 2.27. The molecule has 0 fully saturated rings. The van der Waals surface area contributed by atoms with Gasteiger partial charge in [0.15, 0.2) is 22.9 Å². The lowest BCUT2D eigenvalue weighted by Gasteiger charge is -2.06. The smallest absolute Gasteiger partial charge is 0.360 e. The van der Waals surface area contributed by atoms with Crippen LogP contribution in [0.3, 0.4) is 0 Å². The highest BCUT2D eigenvalue weighted by atomic mass is 16.5. The number of esters is 1. The number of nitriles is 1. The summed E-state index contributed by atoms with van der Waals surface area (Å²) in [4.78, 5) is 16.4. The van der Waals surface area contributed by atoms with Crippen LogP contribution in [0.5, 0.6) is 0 Å². The largest absolute Gasteiger partial charge is 0.464 e. The number of carbonyl (C=O) groups is 1. The Kier molecular flexibility index (Phi) is 2.96. The number of para-hydroxylation sites is 1. The van der Waals surface area contributed by atoms with Crippen molar-refractivity contribution in [3.8, 4) is 17.7 Å². The third-order valence-corrected chi connectivity index (χ3v) is 4.27. The van der Waals surface area contributed by atoms with Crippen molar-refractivity contribution < 1.29 is 9.53 Å². The lowest BCUT2D eigenvalue weighted by Crippen LogP contribution is -2.10. The zero-order valence-electron chi connectivity index (χ0n) is 13.8. The van der Waals surface area contributed by atoms with Gasteiger partial charge in [-0.15, -0.1) is 20.0 Å². The average Bonchev–Trinajstić information content (AvgIpc) is 3.43. The van der Waals surface area contributed by atoms with E-state index in [1.54, 1.807) is 23.1 Å². The Balaban J connectivity index is 1.94. The van der Waals surface area contributed by atoms with Crippen LogP contribution in [0, 0.1) is 11.5 Å². The molecular formula is C16H9N9O2. The number of aromatic nitrogens is 8. The SMILES string of the molecule is COC(=O)c1c(-c2nnc3c4ccccc4n4cncc4n23)nnn1C#N. The minimum absolute atomic E-state index is 0.0919. The summed E-state index contributed by atoms with van der Waals surface area (Å²) in [6, 6.07) is 7.68. The summed E-state index contributed by atoms with van der Waals surface area (Å²) < 4.78 is 9.15. The molecule has 4 heterocycles. The summed E-state index contributed by atoms with van der Waals surface area (Å²) >= 11 is 0. The predicted octanol–water partition coefficient (Wildman–Crippen LogP) is 0.904. The van der Waals surface area contributed by atoms with Gasteiger partial charge < -0.3 is 4.74 Å². The molecule has 0 spiro atoms. The number of benzene rings is 1. The number of methoxy groups -OCH3 is 1. The van der Waals surface area contributed by atoms with Crippen LogP contribution < -0.4 is 0 Å². The van der Waals surface area contributed by atoms with Crippen LogP contribution in [0.2, 0.25) is 0 Å². The molecule has 1 aromatic carbocycles. The maximum Gasteiger partial charge on any atom is 0.360 e. The second-order valence-electron chi connectivity index (χ2n) is 5.61. The minimum atomic E-state index is -0.751. The molecule has 0 saturated carbocycles. The zero-order valence-corrected chi connectivity index (χ0v) is 13.8. The Bertz CT molecular complexity index is 1400. The van der Waals surface area contributed by atoms with Crippen LogP contribution in [0.25, 0.3) is 33.7 Å². The number of carbonyl (C=O) groups excluding carboxylic acids is 1. The Hall–Kier alpha value is -4.33. The number of imidazole rings is 1. The minimum Gasteiger partial charge on any atom is -0.464 e. The van der Waals surface area contributed by atoms with Crippen LogP contribution in [-0.4, -0.2) is 52.1 Å². The number of hydrogen-bond donors (Lipinski definition) is 0. The molecular weight excluding hydrogens is 350 g/mol. The number of fused-ring (bicyclic) bond motifs is 6. The average molecular weight is 359 g/mol. The van der Waals surface area contributed by atoms with E-state index in [0.29, 0.717) is 11.3 Å². The highest BCUT2D eigenvalue weighted by Crippen LogP contribution is 2.27. The van der Waals surface area contributed by atoms with Gasteiger partial charge in [-0.25, -0.2) is 9.78 Å². The molecule has 27 heavy (non-hydrogen) atoms. The van der Waals surface area contributed by atoms with Crippen LogP contribution >= 0.6 is 0 Å². The molecule has 0 atom stereocenters. The first-order valence-corrected chi connectivity index (χ1v) is 7.77. The van der Waals surface area contributed by atoms with Gasteiger partial charge in [0, 0.05) is 5.39 Å². The maximum atomic E-state index is 12.2. The molecule has 5 rings (SSSR count). The molecule has 0 amide bonds. The van der Waals surface area contributed by atoms with Gasteiger partial charge in [-0.2, -0.15) is 5.26 Å². The van der Waals surface area contributed by atoms with E-state index >= 15 is 0 Å². The van der Waals surface area contributed by atoms with Gasteiger partial charge in [0.05, 0.1) is 18.8 Å². The number of rotatable bonds is 2. The van der Waals surface area contributed by atoms with Gasteiger partial charge in [0.25, 0.3) is 0 Å².